The summed E-state index contributed by atoms with van der Waals surface area (Å²) in [6.45, 7) is 2.78. The molecule has 7 nitrogen and oxygen atoms in total. The Bertz CT molecular complexity index is 962. The molecule has 1 amide bonds. The second-order valence-corrected chi connectivity index (χ2v) is 6.80. The van der Waals surface area contributed by atoms with Crippen molar-refractivity contribution in [2.45, 2.75) is 0 Å². The van der Waals surface area contributed by atoms with Gasteiger partial charge in [-0.05, 0) is 18.2 Å². The van der Waals surface area contributed by atoms with E-state index in [2.05, 4.69) is 9.88 Å². The van der Waals surface area contributed by atoms with Crippen molar-refractivity contribution in [2.24, 2.45) is 0 Å². The van der Waals surface area contributed by atoms with Crippen LogP contribution in [0.1, 0.15) is 0 Å². The molecule has 26 heavy (non-hydrogen) atoms. The maximum atomic E-state index is 12.4. The quantitative estimate of drug-likeness (QED) is 0.653. The zero-order valence-corrected chi connectivity index (χ0v) is 14.8. The van der Waals surface area contributed by atoms with Gasteiger partial charge in [0.05, 0.1) is 0 Å². The molecule has 0 saturated carbocycles. The van der Waals surface area contributed by atoms with Gasteiger partial charge >= 0.3 is 5.63 Å². The summed E-state index contributed by atoms with van der Waals surface area (Å²) in [4.78, 5) is 32.0. The van der Waals surface area contributed by atoms with Crippen molar-refractivity contribution in [3.63, 3.8) is 0 Å². The number of aromatic nitrogens is 1. The molecule has 134 valence electrons. The summed E-state index contributed by atoms with van der Waals surface area (Å²) in [5.74, 6) is 0.444. The van der Waals surface area contributed by atoms with Crippen LogP contribution in [0.3, 0.4) is 0 Å². The molecular formula is C18H17N3O4S. The van der Waals surface area contributed by atoms with Crippen LogP contribution in [-0.4, -0.2) is 48.6 Å². The number of fused-ring (bicyclic) bond motifs is 1. The lowest BCUT2D eigenvalue weighted by Crippen LogP contribution is -2.50. The Labute approximate surface area is 153 Å². The second kappa shape index (κ2) is 7.17. The molecule has 1 aromatic carbocycles. The van der Waals surface area contributed by atoms with E-state index in [1.54, 1.807) is 46.7 Å². The lowest BCUT2D eigenvalue weighted by molar-refractivity contribution is -0.133. The van der Waals surface area contributed by atoms with Gasteiger partial charge in [-0.1, -0.05) is 0 Å². The first-order valence-corrected chi connectivity index (χ1v) is 9.16. The first-order chi connectivity index (χ1) is 12.7. The van der Waals surface area contributed by atoms with Crippen molar-refractivity contribution in [1.82, 2.24) is 9.88 Å². The molecule has 4 rings (SSSR count). The summed E-state index contributed by atoms with van der Waals surface area (Å²) in [6, 6.07) is 8.25. The minimum absolute atomic E-state index is 0.0418. The largest absolute Gasteiger partial charge is 0.484 e. The number of benzene rings is 1. The SMILES string of the molecule is O=C(COc1ccc2ccc(=O)oc2c1)N1CCN(c2nccs2)CC1. The molecule has 3 aromatic rings. The summed E-state index contributed by atoms with van der Waals surface area (Å²) < 4.78 is 10.7. The summed E-state index contributed by atoms with van der Waals surface area (Å²) >= 11 is 1.60. The lowest BCUT2D eigenvalue weighted by atomic mass is 10.2. The smallest absolute Gasteiger partial charge is 0.336 e. The molecule has 0 N–H and O–H groups in total. The van der Waals surface area contributed by atoms with Crippen molar-refractivity contribution in [1.29, 1.82) is 0 Å². The molecular weight excluding hydrogens is 354 g/mol. The fraction of sp³-hybridized carbons (Fsp3) is 0.278. The van der Waals surface area contributed by atoms with Crippen LogP contribution in [0.15, 0.2) is 51.1 Å². The van der Waals surface area contributed by atoms with Crippen molar-refractivity contribution in [2.75, 3.05) is 37.7 Å². The van der Waals surface area contributed by atoms with Crippen LogP contribution in [0.2, 0.25) is 0 Å². The average molecular weight is 371 g/mol. The molecule has 0 aliphatic carbocycles. The zero-order valence-electron chi connectivity index (χ0n) is 14.0. The van der Waals surface area contributed by atoms with Crippen LogP contribution in [0.5, 0.6) is 5.75 Å². The number of anilines is 1. The van der Waals surface area contributed by atoms with E-state index in [4.69, 9.17) is 9.15 Å². The minimum Gasteiger partial charge on any atom is -0.484 e. The monoisotopic (exact) mass is 371 g/mol. The third-order valence-electron chi connectivity index (χ3n) is 4.28. The van der Waals surface area contributed by atoms with Crippen LogP contribution < -0.4 is 15.3 Å². The second-order valence-electron chi connectivity index (χ2n) is 5.93. The zero-order chi connectivity index (χ0) is 17.9. The van der Waals surface area contributed by atoms with E-state index in [1.807, 2.05) is 5.38 Å². The summed E-state index contributed by atoms with van der Waals surface area (Å²) in [7, 11) is 0. The molecule has 3 heterocycles. The molecule has 1 aliphatic heterocycles. The molecule has 0 radical (unpaired) electrons. The number of carbonyl (C=O) groups excluding carboxylic acids is 1. The summed E-state index contributed by atoms with van der Waals surface area (Å²) in [6.07, 6.45) is 1.79. The van der Waals surface area contributed by atoms with Crippen molar-refractivity contribution < 1.29 is 13.9 Å². The van der Waals surface area contributed by atoms with E-state index in [9.17, 15) is 9.59 Å². The third kappa shape index (κ3) is 3.55. The van der Waals surface area contributed by atoms with Gasteiger partial charge in [0.25, 0.3) is 5.91 Å². The van der Waals surface area contributed by atoms with Gasteiger partial charge in [-0.25, -0.2) is 9.78 Å². The number of hydrogen-bond donors (Lipinski definition) is 0. The standard InChI is InChI=1S/C18H17N3O4S/c22-16(20-6-8-21(9-7-20)18-19-5-10-26-18)12-24-14-3-1-13-2-4-17(23)25-15(13)11-14/h1-5,10-11H,6-9,12H2. The average Bonchev–Trinajstić information content (AvgIpc) is 3.20. The Hall–Kier alpha value is -2.87. The molecule has 0 unspecified atom stereocenters. The Morgan fingerprint density at radius 3 is 2.77 bits per heavy atom. The molecule has 1 saturated heterocycles. The molecule has 1 fully saturated rings. The minimum atomic E-state index is -0.413. The van der Waals surface area contributed by atoms with E-state index in [0.29, 0.717) is 24.4 Å². The van der Waals surface area contributed by atoms with Crippen molar-refractivity contribution >= 4 is 33.3 Å². The third-order valence-corrected chi connectivity index (χ3v) is 5.11. The Balaban J connectivity index is 1.33. The fourth-order valence-corrected chi connectivity index (χ4v) is 3.58. The maximum Gasteiger partial charge on any atom is 0.336 e. The Morgan fingerprint density at radius 2 is 2.00 bits per heavy atom. The van der Waals surface area contributed by atoms with Crippen molar-refractivity contribution in [3.8, 4) is 5.75 Å². The number of ether oxygens (including phenoxy) is 1. The van der Waals surface area contributed by atoms with Crippen LogP contribution in [-0.2, 0) is 4.79 Å². The Morgan fingerprint density at radius 1 is 1.19 bits per heavy atom. The summed E-state index contributed by atoms with van der Waals surface area (Å²) in [5, 5.41) is 3.75. The molecule has 0 atom stereocenters. The molecule has 0 spiro atoms. The van der Waals surface area contributed by atoms with Crippen LogP contribution in [0, 0.1) is 0 Å². The van der Waals surface area contributed by atoms with E-state index in [0.717, 1.165) is 23.6 Å². The molecule has 1 aliphatic rings. The number of hydrogen-bond acceptors (Lipinski definition) is 7. The maximum absolute atomic E-state index is 12.4. The van der Waals surface area contributed by atoms with Gasteiger partial charge in [0.15, 0.2) is 11.7 Å². The van der Waals surface area contributed by atoms with Gasteiger partial charge in [0.1, 0.15) is 11.3 Å². The van der Waals surface area contributed by atoms with Crippen LogP contribution in [0.25, 0.3) is 11.0 Å². The van der Waals surface area contributed by atoms with Crippen LogP contribution >= 0.6 is 11.3 Å². The first-order valence-electron chi connectivity index (χ1n) is 8.28. The number of rotatable bonds is 4. The lowest BCUT2D eigenvalue weighted by Gasteiger charge is -2.34. The van der Waals surface area contributed by atoms with Gasteiger partial charge in [0, 0.05) is 55.3 Å². The van der Waals surface area contributed by atoms with Gasteiger partial charge in [-0.3, -0.25) is 4.79 Å². The summed E-state index contributed by atoms with van der Waals surface area (Å²) in [5.41, 5.74) is 0.0309. The van der Waals surface area contributed by atoms with E-state index >= 15 is 0 Å². The predicted octanol–water partition coefficient (Wildman–Crippen LogP) is 1.98. The van der Waals surface area contributed by atoms with Gasteiger partial charge in [0.2, 0.25) is 0 Å². The van der Waals surface area contributed by atoms with E-state index in [-0.39, 0.29) is 12.5 Å². The first kappa shape index (κ1) is 16.6. The van der Waals surface area contributed by atoms with Crippen molar-refractivity contribution in [3.05, 3.63) is 52.3 Å². The highest BCUT2D eigenvalue weighted by atomic mass is 32.1. The molecule has 0 bridgehead atoms. The number of carbonyl (C=O) groups is 1. The topological polar surface area (TPSA) is 75.9 Å². The molecule has 8 heteroatoms. The van der Waals surface area contributed by atoms with E-state index < -0.39 is 5.63 Å². The normalized spacial score (nSPS) is 14.6. The predicted molar refractivity (Wildman–Crippen MR) is 98.9 cm³/mol. The highest BCUT2D eigenvalue weighted by molar-refractivity contribution is 7.13. The number of nitrogens with zero attached hydrogens (tertiary/aromatic N) is 3. The number of thiazole rings is 1. The highest BCUT2D eigenvalue weighted by Crippen LogP contribution is 2.20. The highest BCUT2D eigenvalue weighted by Gasteiger charge is 2.22. The molecule has 2 aromatic heterocycles. The number of amides is 1. The van der Waals surface area contributed by atoms with Gasteiger partial charge < -0.3 is 19.0 Å². The fourth-order valence-electron chi connectivity index (χ4n) is 2.89. The number of piperazine rings is 1. The van der Waals surface area contributed by atoms with Crippen LogP contribution in [0.4, 0.5) is 5.13 Å². The Kier molecular flexibility index (Phi) is 4.57. The van der Waals surface area contributed by atoms with E-state index in [1.165, 1.54) is 6.07 Å². The van der Waals surface area contributed by atoms with Gasteiger partial charge in [-0.15, -0.1) is 11.3 Å². The van der Waals surface area contributed by atoms with Gasteiger partial charge in [-0.2, -0.15) is 0 Å².